The molecule has 0 saturated heterocycles. The fourth-order valence-electron chi connectivity index (χ4n) is 2.63. The Morgan fingerprint density at radius 3 is 2.75 bits per heavy atom. The molecule has 3 rings (SSSR count). The van der Waals surface area contributed by atoms with Crippen molar-refractivity contribution in [3.05, 3.63) is 53.6 Å². The molecule has 0 radical (unpaired) electrons. The summed E-state index contributed by atoms with van der Waals surface area (Å²) in [6.07, 6.45) is 0.968. The number of hydrogen-bond acceptors (Lipinski definition) is 4. The van der Waals surface area contributed by atoms with Gasteiger partial charge >= 0.3 is 0 Å². The van der Waals surface area contributed by atoms with Crippen molar-refractivity contribution in [2.24, 2.45) is 0 Å². The fraction of sp³-hybridized carbons (Fsp3) is 0.316. The van der Waals surface area contributed by atoms with E-state index in [1.165, 1.54) is 5.56 Å². The first kappa shape index (κ1) is 16.3. The largest absolute Gasteiger partial charge is 0.492 e. The van der Waals surface area contributed by atoms with E-state index in [4.69, 9.17) is 4.74 Å². The first-order chi connectivity index (χ1) is 11.6. The highest BCUT2D eigenvalue weighted by Crippen LogP contribution is 2.23. The number of carbonyl (C=O) groups is 1. The number of carbonyl (C=O) groups excluding carboxylic acids is 1. The predicted octanol–water partition coefficient (Wildman–Crippen LogP) is 2.85. The quantitative estimate of drug-likeness (QED) is 0.857. The van der Waals surface area contributed by atoms with Gasteiger partial charge in [0, 0.05) is 30.0 Å². The zero-order valence-electron chi connectivity index (χ0n) is 14.1. The number of fused-ring (bicyclic) bond motifs is 1. The monoisotopic (exact) mass is 325 g/mol. The van der Waals surface area contributed by atoms with Crippen LogP contribution in [-0.2, 0) is 6.42 Å². The van der Waals surface area contributed by atoms with Gasteiger partial charge in [0.1, 0.15) is 12.4 Å². The van der Waals surface area contributed by atoms with Crippen LogP contribution in [0.3, 0.4) is 0 Å². The van der Waals surface area contributed by atoms with Crippen LogP contribution in [0.2, 0.25) is 0 Å². The van der Waals surface area contributed by atoms with Crippen LogP contribution in [0.1, 0.15) is 15.9 Å². The minimum absolute atomic E-state index is 0.0917. The number of nitrogens with zero attached hydrogens (tertiary/aromatic N) is 1. The maximum absolute atomic E-state index is 12.4. The SMILES string of the molecule is CN(C)CCOc1ccc(NC(=O)c2ccc3c(c2)CCN3)cc1. The Morgan fingerprint density at radius 1 is 1.21 bits per heavy atom. The van der Waals surface area contributed by atoms with E-state index in [0.717, 1.165) is 36.6 Å². The summed E-state index contributed by atoms with van der Waals surface area (Å²) >= 11 is 0. The Kier molecular flexibility index (Phi) is 5.01. The highest BCUT2D eigenvalue weighted by molar-refractivity contribution is 6.04. The normalized spacial score (nSPS) is 12.6. The van der Waals surface area contributed by atoms with Gasteiger partial charge in [0.2, 0.25) is 0 Å². The summed E-state index contributed by atoms with van der Waals surface area (Å²) in [5.41, 5.74) is 3.78. The van der Waals surface area contributed by atoms with Gasteiger partial charge in [0.05, 0.1) is 0 Å². The predicted molar refractivity (Wildman–Crippen MR) is 97.1 cm³/mol. The molecule has 2 N–H and O–H groups in total. The molecule has 2 aromatic carbocycles. The summed E-state index contributed by atoms with van der Waals surface area (Å²) in [5.74, 6) is 0.712. The van der Waals surface area contributed by atoms with Crippen molar-refractivity contribution < 1.29 is 9.53 Å². The number of benzene rings is 2. The molecule has 1 heterocycles. The van der Waals surface area contributed by atoms with Crippen LogP contribution >= 0.6 is 0 Å². The summed E-state index contributed by atoms with van der Waals surface area (Å²) in [7, 11) is 4.02. The van der Waals surface area contributed by atoms with E-state index in [1.54, 1.807) is 0 Å². The Bertz CT molecular complexity index is 711. The third kappa shape index (κ3) is 4.06. The number of amides is 1. The highest BCUT2D eigenvalue weighted by Gasteiger charge is 2.13. The zero-order valence-corrected chi connectivity index (χ0v) is 14.1. The summed E-state index contributed by atoms with van der Waals surface area (Å²) in [6.45, 7) is 2.45. The number of hydrogen-bond donors (Lipinski definition) is 2. The van der Waals surface area contributed by atoms with Gasteiger partial charge in [-0.3, -0.25) is 4.79 Å². The highest BCUT2D eigenvalue weighted by atomic mass is 16.5. The Morgan fingerprint density at radius 2 is 2.00 bits per heavy atom. The second kappa shape index (κ2) is 7.36. The number of ether oxygens (including phenoxy) is 1. The molecule has 0 aliphatic carbocycles. The first-order valence-electron chi connectivity index (χ1n) is 8.17. The summed E-state index contributed by atoms with van der Waals surface area (Å²) < 4.78 is 5.65. The number of rotatable bonds is 6. The molecule has 0 aromatic heterocycles. The minimum atomic E-state index is -0.0917. The van der Waals surface area contributed by atoms with Crippen molar-refractivity contribution in [1.29, 1.82) is 0 Å². The van der Waals surface area contributed by atoms with Gasteiger partial charge in [-0.2, -0.15) is 0 Å². The zero-order chi connectivity index (χ0) is 16.9. The third-order valence-corrected chi connectivity index (χ3v) is 4.00. The van der Waals surface area contributed by atoms with E-state index < -0.39 is 0 Å². The van der Waals surface area contributed by atoms with E-state index in [0.29, 0.717) is 12.2 Å². The molecular weight excluding hydrogens is 302 g/mol. The summed E-state index contributed by atoms with van der Waals surface area (Å²) in [5, 5.41) is 6.22. The third-order valence-electron chi connectivity index (χ3n) is 4.00. The molecule has 24 heavy (non-hydrogen) atoms. The second-order valence-corrected chi connectivity index (χ2v) is 6.18. The van der Waals surface area contributed by atoms with Gasteiger partial charge in [-0.25, -0.2) is 0 Å². The van der Waals surface area contributed by atoms with Crippen LogP contribution in [0.5, 0.6) is 5.75 Å². The Balaban J connectivity index is 1.58. The van der Waals surface area contributed by atoms with Crippen molar-refractivity contribution in [3.8, 4) is 5.75 Å². The molecule has 0 spiro atoms. The maximum Gasteiger partial charge on any atom is 0.255 e. The lowest BCUT2D eigenvalue weighted by Gasteiger charge is -2.11. The molecule has 0 fully saturated rings. The smallest absolute Gasteiger partial charge is 0.255 e. The lowest BCUT2D eigenvalue weighted by atomic mass is 10.1. The summed E-state index contributed by atoms with van der Waals surface area (Å²) in [4.78, 5) is 14.4. The van der Waals surface area contributed by atoms with Crippen LogP contribution in [0.4, 0.5) is 11.4 Å². The lowest BCUT2D eigenvalue weighted by molar-refractivity contribution is 0.102. The van der Waals surface area contributed by atoms with Gasteiger partial charge in [0.25, 0.3) is 5.91 Å². The van der Waals surface area contributed by atoms with E-state index >= 15 is 0 Å². The molecule has 5 nitrogen and oxygen atoms in total. The van der Waals surface area contributed by atoms with Crippen LogP contribution in [0.25, 0.3) is 0 Å². The average Bonchev–Trinajstić information content (AvgIpc) is 3.03. The standard InChI is InChI=1S/C19H23N3O2/c1-22(2)11-12-24-17-6-4-16(5-7-17)21-19(23)15-3-8-18-14(13-15)9-10-20-18/h3-8,13,20H,9-12H2,1-2H3,(H,21,23). The van der Waals surface area contributed by atoms with Crippen molar-refractivity contribution in [2.75, 3.05) is 44.4 Å². The lowest BCUT2D eigenvalue weighted by Crippen LogP contribution is -2.19. The van der Waals surface area contributed by atoms with Crippen LogP contribution in [0.15, 0.2) is 42.5 Å². The number of nitrogens with one attached hydrogen (secondary N) is 2. The molecule has 0 bridgehead atoms. The van der Waals surface area contributed by atoms with E-state index in [-0.39, 0.29) is 5.91 Å². The maximum atomic E-state index is 12.4. The molecule has 0 saturated carbocycles. The molecule has 0 unspecified atom stereocenters. The molecule has 1 amide bonds. The van der Waals surface area contributed by atoms with E-state index in [2.05, 4.69) is 15.5 Å². The van der Waals surface area contributed by atoms with Gasteiger partial charge in [-0.15, -0.1) is 0 Å². The van der Waals surface area contributed by atoms with Crippen LogP contribution in [-0.4, -0.2) is 44.6 Å². The Hall–Kier alpha value is -2.53. The first-order valence-corrected chi connectivity index (χ1v) is 8.17. The molecule has 1 aliphatic rings. The van der Waals surface area contributed by atoms with Crippen molar-refractivity contribution in [3.63, 3.8) is 0 Å². The second-order valence-electron chi connectivity index (χ2n) is 6.18. The molecule has 2 aromatic rings. The molecule has 0 atom stereocenters. The number of anilines is 2. The van der Waals surface area contributed by atoms with Crippen molar-refractivity contribution in [1.82, 2.24) is 4.90 Å². The van der Waals surface area contributed by atoms with Gasteiger partial charge in [-0.05, 0) is 68.5 Å². The topological polar surface area (TPSA) is 53.6 Å². The molecule has 126 valence electrons. The molecule has 5 heteroatoms. The molecule has 1 aliphatic heterocycles. The van der Waals surface area contributed by atoms with Crippen LogP contribution in [0, 0.1) is 0 Å². The van der Waals surface area contributed by atoms with Crippen LogP contribution < -0.4 is 15.4 Å². The minimum Gasteiger partial charge on any atom is -0.492 e. The van der Waals surface area contributed by atoms with E-state index in [9.17, 15) is 4.79 Å². The molecular formula is C19H23N3O2. The van der Waals surface area contributed by atoms with Gasteiger partial charge in [0.15, 0.2) is 0 Å². The fourth-order valence-corrected chi connectivity index (χ4v) is 2.63. The van der Waals surface area contributed by atoms with E-state index in [1.807, 2.05) is 56.6 Å². The average molecular weight is 325 g/mol. The van der Waals surface area contributed by atoms with Gasteiger partial charge in [-0.1, -0.05) is 0 Å². The Labute approximate surface area is 142 Å². The van der Waals surface area contributed by atoms with Gasteiger partial charge < -0.3 is 20.3 Å². The number of likely N-dealkylation sites (N-methyl/N-ethyl adjacent to an activating group) is 1. The van der Waals surface area contributed by atoms with Crippen molar-refractivity contribution in [2.45, 2.75) is 6.42 Å². The summed E-state index contributed by atoms with van der Waals surface area (Å²) in [6, 6.07) is 13.2. The van der Waals surface area contributed by atoms with Crippen molar-refractivity contribution >= 4 is 17.3 Å².